The Labute approximate surface area is 126 Å². The van der Waals surface area contributed by atoms with Crippen LogP contribution >= 0.6 is 0 Å². The molecule has 1 aromatic carbocycles. The van der Waals surface area contributed by atoms with E-state index in [0.717, 1.165) is 34.1 Å². The van der Waals surface area contributed by atoms with Crippen LogP contribution < -0.4 is 20.5 Å². The van der Waals surface area contributed by atoms with E-state index in [-0.39, 0.29) is 12.7 Å². The van der Waals surface area contributed by atoms with E-state index in [0.29, 0.717) is 6.54 Å². The van der Waals surface area contributed by atoms with Gasteiger partial charge in [-0.3, -0.25) is 0 Å². The lowest BCUT2D eigenvalue weighted by atomic mass is 10.2. The predicted octanol–water partition coefficient (Wildman–Crippen LogP) is 1.96. The van der Waals surface area contributed by atoms with Crippen LogP contribution in [0, 0.1) is 6.92 Å². The van der Waals surface area contributed by atoms with Crippen LogP contribution in [-0.2, 0) is 6.54 Å². The first-order valence-electron chi connectivity index (χ1n) is 6.95. The van der Waals surface area contributed by atoms with Gasteiger partial charge in [-0.2, -0.15) is 4.98 Å². The van der Waals surface area contributed by atoms with Crippen molar-refractivity contribution in [3.05, 3.63) is 41.6 Å². The molecule has 4 rings (SSSR count). The maximum Gasteiger partial charge on any atom is 0.240 e. The van der Waals surface area contributed by atoms with Gasteiger partial charge in [0.2, 0.25) is 12.7 Å². The lowest BCUT2D eigenvalue weighted by molar-refractivity contribution is 0.174. The number of nitrogens with one attached hydrogen (secondary N) is 1. The molecule has 0 spiro atoms. The van der Waals surface area contributed by atoms with Gasteiger partial charge in [-0.25, -0.2) is 4.52 Å². The minimum absolute atomic E-state index is 0.274. The minimum Gasteiger partial charge on any atom is -0.454 e. The third-order valence-electron chi connectivity index (χ3n) is 3.68. The Kier molecular flexibility index (Phi) is 2.78. The summed E-state index contributed by atoms with van der Waals surface area (Å²) in [4.78, 5) is 4.14. The van der Waals surface area contributed by atoms with E-state index in [1.165, 1.54) is 0 Å². The standard InChI is InChI=1S/C15H15N5O2/c1-9-11(3-5-14-18-15(16)19-20(9)14)17-7-10-2-4-12-13(6-10)22-8-21-12/h2-6,17H,7-8H2,1H3,(H2,16,19). The normalized spacial score (nSPS) is 12.8. The van der Waals surface area contributed by atoms with E-state index >= 15 is 0 Å². The van der Waals surface area contributed by atoms with Gasteiger partial charge in [-0.05, 0) is 36.8 Å². The van der Waals surface area contributed by atoms with Crippen molar-refractivity contribution in [2.24, 2.45) is 0 Å². The maximum absolute atomic E-state index is 5.64. The van der Waals surface area contributed by atoms with E-state index in [1.54, 1.807) is 4.52 Å². The Morgan fingerprint density at radius 3 is 3.00 bits per heavy atom. The summed E-state index contributed by atoms with van der Waals surface area (Å²) in [6.45, 7) is 2.94. The molecule has 3 heterocycles. The number of anilines is 2. The average molecular weight is 297 g/mol. The fourth-order valence-electron chi connectivity index (χ4n) is 2.52. The first kappa shape index (κ1) is 12.8. The van der Waals surface area contributed by atoms with Crippen molar-refractivity contribution in [3.63, 3.8) is 0 Å². The van der Waals surface area contributed by atoms with Gasteiger partial charge in [0.15, 0.2) is 17.1 Å². The molecule has 0 fully saturated rings. The van der Waals surface area contributed by atoms with Crippen LogP contribution in [0.25, 0.3) is 5.65 Å². The number of rotatable bonds is 3. The molecule has 3 aromatic rings. The first-order valence-corrected chi connectivity index (χ1v) is 6.95. The highest BCUT2D eigenvalue weighted by molar-refractivity contribution is 5.56. The summed E-state index contributed by atoms with van der Waals surface area (Å²) in [7, 11) is 0. The second kappa shape index (κ2) is 4.80. The SMILES string of the molecule is Cc1c(NCc2ccc3c(c2)OCO3)ccc2nc(N)nn12. The number of nitrogens with zero attached hydrogens (tertiary/aromatic N) is 3. The third kappa shape index (κ3) is 2.07. The molecule has 7 nitrogen and oxygen atoms in total. The average Bonchev–Trinajstić information content (AvgIpc) is 3.12. The highest BCUT2D eigenvalue weighted by atomic mass is 16.7. The van der Waals surface area contributed by atoms with Gasteiger partial charge in [-0.15, -0.1) is 5.10 Å². The molecule has 22 heavy (non-hydrogen) atoms. The number of aryl methyl sites for hydroxylation is 1. The molecule has 0 saturated carbocycles. The van der Waals surface area contributed by atoms with Crippen LogP contribution in [0.2, 0.25) is 0 Å². The summed E-state index contributed by atoms with van der Waals surface area (Å²) in [5, 5.41) is 7.58. The fraction of sp³-hybridized carbons (Fsp3) is 0.200. The van der Waals surface area contributed by atoms with Crippen molar-refractivity contribution in [1.82, 2.24) is 14.6 Å². The zero-order valence-corrected chi connectivity index (χ0v) is 12.0. The molecule has 7 heteroatoms. The summed E-state index contributed by atoms with van der Waals surface area (Å²) in [5.74, 6) is 1.85. The lowest BCUT2D eigenvalue weighted by Gasteiger charge is -2.10. The van der Waals surface area contributed by atoms with E-state index < -0.39 is 0 Å². The fourth-order valence-corrected chi connectivity index (χ4v) is 2.52. The Bertz CT molecular complexity index is 859. The Balaban J connectivity index is 1.57. The molecule has 0 radical (unpaired) electrons. The topological polar surface area (TPSA) is 86.7 Å². The number of nitrogens with two attached hydrogens (primary N) is 1. The van der Waals surface area contributed by atoms with Crippen molar-refractivity contribution in [1.29, 1.82) is 0 Å². The van der Waals surface area contributed by atoms with Gasteiger partial charge < -0.3 is 20.5 Å². The van der Waals surface area contributed by atoms with Crippen LogP contribution in [0.3, 0.4) is 0 Å². The molecular formula is C15H15N5O2. The van der Waals surface area contributed by atoms with Gasteiger partial charge in [-0.1, -0.05) is 6.07 Å². The highest BCUT2D eigenvalue weighted by Crippen LogP contribution is 2.32. The number of hydrogen-bond donors (Lipinski definition) is 2. The molecule has 0 saturated heterocycles. The Morgan fingerprint density at radius 2 is 2.09 bits per heavy atom. The summed E-state index contributed by atoms with van der Waals surface area (Å²) in [6, 6.07) is 9.79. The largest absolute Gasteiger partial charge is 0.454 e. The quantitative estimate of drug-likeness (QED) is 0.768. The van der Waals surface area contributed by atoms with Crippen molar-refractivity contribution < 1.29 is 9.47 Å². The minimum atomic E-state index is 0.274. The summed E-state index contributed by atoms with van der Waals surface area (Å²) >= 11 is 0. The first-order chi connectivity index (χ1) is 10.7. The van der Waals surface area contributed by atoms with E-state index in [1.807, 2.05) is 37.3 Å². The number of fused-ring (bicyclic) bond motifs is 2. The van der Waals surface area contributed by atoms with Gasteiger partial charge in [0.05, 0.1) is 11.4 Å². The number of ether oxygens (including phenoxy) is 2. The molecule has 0 unspecified atom stereocenters. The number of nitrogen functional groups attached to an aromatic ring is 1. The molecule has 112 valence electrons. The smallest absolute Gasteiger partial charge is 0.240 e. The van der Waals surface area contributed by atoms with Crippen LogP contribution in [0.15, 0.2) is 30.3 Å². The molecule has 1 aliphatic rings. The van der Waals surface area contributed by atoms with E-state index in [9.17, 15) is 0 Å². The molecule has 2 aromatic heterocycles. The molecular weight excluding hydrogens is 282 g/mol. The molecule has 0 amide bonds. The molecule has 1 aliphatic heterocycles. The van der Waals surface area contributed by atoms with E-state index in [4.69, 9.17) is 15.2 Å². The predicted molar refractivity (Wildman–Crippen MR) is 82.0 cm³/mol. The molecule has 0 bridgehead atoms. The second-order valence-electron chi connectivity index (χ2n) is 5.11. The zero-order valence-electron chi connectivity index (χ0n) is 12.0. The molecule has 3 N–H and O–H groups in total. The second-order valence-corrected chi connectivity index (χ2v) is 5.11. The molecule has 0 atom stereocenters. The van der Waals surface area contributed by atoms with Gasteiger partial charge in [0.1, 0.15) is 0 Å². The van der Waals surface area contributed by atoms with E-state index in [2.05, 4.69) is 15.4 Å². The number of pyridine rings is 1. The lowest BCUT2D eigenvalue weighted by Crippen LogP contribution is -2.04. The van der Waals surface area contributed by atoms with Gasteiger partial charge in [0, 0.05) is 6.54 Å². The van der Waals surface area contributed by atoms with Crippen molar-refractivity contribution in [2.75, 3.05) is 17.8 Å². The summed E-state index contributed by atoms with van der Waals surface area (Å²) in [5.41, 5.74) is 9.43. The zero-order chi connectivity index (χ0) is 15.1. The van der Waals surface area contributed by atoms with Crippen molar-refractivity contribution in [3.8, 4) is 11.5 Å². The van der Waals surface area contributed by atoms with Crippen LogP contribution in [0.5, 0.6) is 11.5 Å². The number of benzene rings is 1. The Hall–Kier alpha value is -2.96. The third-order valence-corrected chi connectivity index (χ3v) is 3.68. The monoisotopic (exact) mass is 297 g/mol. The van der Waals surface area contributed by atoms with Crippen LogP contribution in [0.4, 0.5) is 11.6 Å². The van der Waals surface area contributed by atoms with Crippen molar-refractivity contribution >= 4 is 17.3 Å². The van der Waals surface area contributed by atoms with Gasteiger partial charge in [0.25, 0.3) is 0 Å². The van der Waals surface area contributed by atoms with Gasteiger partial charge >= 0.3 is 0 Å². The van der Waals surface area contributed by atoms with Crippen LogP contribution in [0.1, 0.15) is 11.3 Å². The molecule has 0 aliphatic carbocycles. The summed E-state index contributed by atoms with van der Waals surface area (Å²) in [6.07, 6.45) is 0. The number of aromatic nitrogens is 3. The maximum atomic E-state index is 5.64. The highest BCUT2D eigenvalue weighted by Gasteiger charge is 2.13. The number of hydrogen-bond acceptors (Lipinski definition) is 6. The van der Waals surface area contributed by atoms with Crippen molar-refractivity contribution in [2.45, 2.75) is 13.5 Å². The van der Waals surface area contributed by atoms with Crippen LogP contribution in [-0.4, -0.2) is 21.4 Å². The summed E-state index contributed by atoms with van der Waals surface area (Å²) < 4.78 is 12.4. The Morgan fingerprint density at radius 1 is 1.23 bits per heavy atom.